The van der Waals surface area contributed by atoms with Gasteiger partial charge in [0.1, 0.15) is 17.5 Å². The smallest absolute Gasteiger partial charge is 0.256 e. The van der Waals surface area contributed by atoms with Crippen LogP contribution in [0, 0.1) is 0 Å². The van der Waals surface area contributed by atoms with Crippen LogP contribution in [-0.2, 0) is 11.3 Å². The van der Waals surface area contributed by atoms with Crippen molar-refractivity contribution in [2.75, 3.05) is 17.3 Å². The molecule has 3 heterocycles. The molecular formula is C23H21N7O2. The van der Waals surface area contributed by atoms with Gasteiger partial charge in [-0.3, -0.25) is 9.59 Å². The van der Waals surface area contributed by atoms with Gasteiger partial charge in [-0.1, -0.05) is 35.5 Å². The SMILES string of the molecule is CN1c2ncccc2C(=O)N[C@@H]1c1ccccc1NC(=O)CCn1nnc2ccccc21. The Morgan fingerprint density at radius 2 is 1.91 bits per heavy atom. The lowest BCUT2D eigenvalue weighted by atomic mass is 10.0. The molecule has 0 saturated carbocycles. The number of rotatable bonds is 5. The van der Waals surface area contributed by atoms with Crippen molar-refractivity contribution in [3.05, 3.63) is 78.0 Å². The predicted octanol–water partition coefficient (Wildman–Crippen LogP) is 2.73. The van der Waals surface area contributed by atoms with Crippen LogP contribution >= 0.6 is 0 Å². The molecule has 1 aliphatic rings. The van der Waals surface area contributed by atoms with Crippen molar-refractivity contribution in [2.45, 2.75) is 19.1 Å². The first kappa shape index (κ1) is 19.7. The van der Waals surface area contributed by atoms with Gasteiger partial charge in [0.15, 0.2) is 0 Å². The molecule has 0 saturated heterocycles. The highest BCUT2D eigenvalue weighted by atomic mass is 16.2. The van der Waals surface area contributed by atoms with Gasteiger partial charge < -0.3 is 15.5 Å². The molecular weight excluding hydrogens is 406 g/mol. The number of nitrogens with one attached hydrogen (secondary N) is 2. The monoisotopic (exact) mass is 427 g/mol. The first-order valence-corrected chi connectivity index (χ1v) is 10.3. The van der Waals surface area contributed by atoms with E-state index in [1.165, 1.54) is 0 Å². The second-order valence-electron chi connectivity index (χ2n) is 7.55. The number of amides is 2. The Bertz CT molecular complexity index is 1320. The van der Waals surface area contributed by atoms with Gasteiger partial charge >= 0.3 is 0 Å². The summed E-state index contributed by atoms with van der Waals surface area (Å²) in [5, 5.41) is 14.2. The van der Waals surface area contributed by atoms with Crippen molar-refractivity contribution in [3.63, 3.8) is 0 Å². The highest BCUT2D eigenvalue weighted by molar-refractivity contribution is 6.01. The molecule has 2 aromatic heterocycles. The van der Waals surface area contributed by atoms with Crippen molar-refractivity contribution < 1.29 is 9.59 Å². The lowest BCUT2D eigenvalue weighted by molar-refractivity contribution is -0.116. The van der Waals surface area contributed by atoms with Crippen LogP contribution in [0.3, 0.4) is 0 Å². The standard InChI is InChI=1S/C23H21N7O2/c1-29-21-16(8-6-13-24-21)23(32)26-22(29)15-7-2-3-9-17(15)25-20(31)12-14-30-19-11-5-4-10-18(19)27-28-30/h2-11,13,22H,12,14H2,1H3,(H,25,31)(H,26,32)/t22-/m0/s1. The maximum Gasteiger partial charge on any atom is 0.256 e. The molecule has 9 nitrogen and oxygen atoms in total. The van der Waals surface area contributed by atoms with Crippen molar-refractivity contribution >= 4 is 34.4 Å². The first-order valence-electron chi connectivity index (χ1n) is 10.3. The maximum atomic E-state index is 12.7. The number of nitrogens with zero attached hydrogens (tertiary/aromatic N) is 5. The van der Waals surface area contributed by atoms with Gasteiger partial charge in [-0.15, -0.1) is 5.10 Å². The lowest BCUT2D eigenvalue weighted by Crippen LogP contribution is -2.45. The molecule has 2 N–H and O–H groups in total. The molecule has 9 heteroatoms. The molecule has 2 aromatic carbocycles. The minimum atomic E-state index is -0.458. The third-order valence-corrected chi connectivity index (χ3v) is 5.52. The topological polar surface area (TPSA) is 105 Å². The molecule has 2 amide bonds. The molecule has 32 heavy (non-hydrogen) atoms. The molecule has 0 aliphatic carbocycles. The highest BCUT2D eigenvalue weighted by Crippen LogP contribution is 2.33. The number of hydrogen-bond donors (Lipinski definition) is 2. The summed E-state index contributed by atoms with van der Waals surface area (Å²) in [6, 6.07) is 18.5. The molecule has 1 aliphatic heterocycles. The zero-order chi connectivity index (χ0) is 22.1. The van der Waals surface area contributed by atoms with Gasteiger partial charge in [0.05, 0.1) is 17.6 Å². The fraction of sp³-hybridized carbons (Fsp3) is 0.174. The normalized spacial score (nSPS) is 15.3. The molecule has 160 valence electrons. The summed E-state index contributed by atoms with van der Waals surface area (Å²) in [5.41, 5.74) is 3.62. The third-order valence-electron chi connectivity index (χ3n) is 5.52. The average molecular weight is 427 g/mol. The Morgan fingerprint density at radius 3 is 2.81 bits per heavy atom. The number of benzene rings is 2. The highest BCUT2D eigenvalue weighted by Gasteiger charge is 2.31. The number of pyridine rings is 1. The van der Waals surface area contributed by atoms with E-state index in [1.54, 1.807) is 23.0 Å². The van der Waals surface area contributed by atoms with Crippen LogP contribution < -0.4 is 15.5 Å². The van der Waals surface area contributed by atoms with E-state index in [0.29, 0.717) is 23.6 Å². The molecule has 1 atom stereocenters. The number of aromatic nitrogens is 4. The molecule has 0 spiro atoms. The zero-order valence-corrected chi connectivity index (χ0v) is 17.4. The minimum absolute atomic E-state index is 0.152. The summed E-state index contributed by atoms with van der Waals surface area (Å²) in [7, 11) is 1.87. The van der Waals surface area contributed by atoms with Crippen molar-refractivity contribution in [2.24, 2.45) is 0 Å². The van der Waals surface area contributed by atoms with Gasteiger partial charge in [0.2, 0.25) is 5.91 Å². The van der Waals surface area contributed by atoms with Crippen LogP contribution in [0.5, 0.6) is 0 Å². The Balaban J connectivity index is 1.34. The number of carbonyl (C=O) groups is 2. The maximum absolute atomic E-state index is 12.7. The molecule has 0 radical (unpaired) electrons. The molecule has 4 aromatic rings. The van der Waals surface area contributed by atoms with Crippen LogP contribution in [0.15, 0.2) is 66.9 Å². The second kappa shape index (κ2) is 8.10. The quantitative estimate of drug-likeness (QED) is 0.507. The number of para-hydroxylation sites is 2. The Labute approximate surface area is 184 Å². The fourth-order valence-electron chi connectivity index (χ4n) is 3.91. The van der Waals surface area contributed by atoms with Crippen molar-refractivity contribution in [1.82, 2.24) is 25.3 Å². The summed E-state index contributed by atoms with van der Waals surface area (Å²) < 4.78 is 1.72. The van der Waals surface area contributed by atoms with Gasteiger partial charge in [0.25, 0.3) is 5.91 Å². The average Bonchev–Trinajstić information content (AvgIpc) is 3.24. The number of anilines is 2. The van der Waals surface area contributed by atoms with E-state index < -0.39 is 6.17 Å². The van der Waals surface area contributed by atoms with E-state index in [2.05, 4.69) is 25.9 Å². The largest absolute Gasteiger partial charge is 0.335 e. The Hall–Kier alpha value is -4.27. The van der Waals surface area contributed by atoms with Crippen molar-refractivity contribution in [3.8, 4) is 0 Å². The number of aryl methyl sites for hydroxylation is 1. The zero-order valence-electron chi connectivity index (χ0n) is 17.4. The van der Waals surface area contributed by atoms with E-state index in [4.69, 9.17) is 0 Å². The van der Waals surface area contributed by atoms with Gasteiger partial charge in [-0.2, -0.15) is 0 Å². The molecule has 0 unspecified atom stereocenters. The number of hydrogen-bond acceptors (Lipinski definition) is 6. The molecule has 0 fully saturated rings. The summed E-state index contributed by atoms with van der Waals surface area (Å²) in [6.45, 7) is 0.409. The minimum Gasteiger partial charge on any atom is -0.335 e. The van der Waals surface area contributed by atoms with E-state index in [9.17, 15) is 9.59 Å². The summed E-state index contributed by atoms with van der Waals surface area (Å²) in [5.74, 6) is 0.246. The van der Waals surface area contributed by atoms with E-state index >= 15 is 0 Å². The van der Waals surface area contributed by atoms with Crippen LogP contribution in [0.4, 0.5) is 11.5 Å². The predicted molar refractivity (Wildman–Crippen MR) is 120 cm³/mol. The lowest BCUT2D eigenvalue weighted by Gasteiger charge is -2.36. The van der Waals surface area contributed by atoms with E-state index in [-0.39, 0.29) is 18.2 Å². The number of fused-ring (bicyclic) bond motifs is 2. The van der Waals surface area contributed by atoms with Crippen LogP contribution in [0.25, 0.3) is 11.0 Å². The van der Waals surface area contributed by atoms with Gasteiger partial charge in [-0.25, -0.2) is 9.67 Å². The Kier molecular flexibility index (Phi) is 4.98. The fourth-order valence-corrected chi connectivity index (χ4v) is 3.91. The summed E-state index contributed by atoms with van der Waals surface area (Å²) >= 11 is 0. The van der Waals surface area contributed by atoms with Crippen LogP contribution in [-0.4, -0.2) is 38.8 Å². The van der Waals surface area contributed by atoms with Crippen molar-refractivity contribution in [1.29, 1.82) is 0 Å². The van der Waals surface area contributed by atoms with Crippen LogP contribution in [0.2, 0.25) is 0 Å². The number of carbonyl (C=O) groups excluding carboxylic acids is 2. The second-order valence-corrected chi connectivity index (χ2v) is 7.55. The van der Waals surface area contributed by atoms with E-state index in [0.717, 1.165) is 16.6 Å². The summed E-state index contributed by atoms with van der Waals surface area (Å²) in [4.78, 5) is 31.6. The van der Waals surface area contributed by atoms with Crippen LogP contribution in [0.1, 0.15) is 28.5 Å². The molecule has 5 rings (SSSR count). The first-order chi connectivity index (χ1) is 15.6. The Morgan fingerprint density at radius 1 is 1.09 bits per heavy atom. The van der Waals surface area contributed by atoms with Gasteiger partial charge in [0, 0.05) is 30.9 Å². The molecule has 0 bridgehead atoms. The van der Waals surface area contributed by atoms with Gasteiger partial charge in [-0.05, 0) is 30.3 Å². The third kappa shape index (κ3) is 3.53. The summed E-state index contributed by atoms with van der Waals surface area (Å²) in [6.07, 6.45) is 1.44. The van der Waals surface area contributed by atoms with E-state index in [1.807, 2.05) is 60.5 Å².